The maximum Gasteiger partial charge on any atom is 0.293 e. The number of para-hydroxylation sites is 1. The third-order valence-corrected chi connectivity index (χ3v) is 7.00. The molecule has 2 aromatic rings. The van der Waals surface area contributed by atoms with Crippen LogP contribution in [-0.4, -0.2) is 86.2 Å². The molecular weight excluding hydrogens is 456 g/mol. The SMILES string of the molecule is COc1ccc(N2CCN(CN3C(=O)C4(OCC(CO)([N+](=O)[O-])CO4)c4ccccc43)CC2)cc1. The summed E-state index contributed by atoms with van der Waals surface area (Å²) in [6, 6.07) is 15.1. The fraction of sp³-hybridized carbons (Fsp3) is 0.458. The molecule has 186 valence electrons. The minimum atomic E-state index is -1.79. The number of ether oxygens (including phenoxy) is 3. The zero-order valence-corrected chi connectivity index (χ0v) is 19.5. The zero-order valence-electron chi connectivity index (χ0n) is 19.5. The number of carbonyl (C=O) groups is 1. The molecule has 0 bridgehead atoms. The first kappa shape index (κ1) is 23.5. The van der Waals surface area contributed by atoms with Crippen molar-refractivity contribution in [3.8, 4) is 5.75 Å². The van der Waals surface area contributed by atoms with Crippen LogP contribution in [0.1, 0.15) is 5.56 Å². The Morgan fingerprint density at radius 3 is 2.31 bits per heavy atom. The number of amides is 1. The first-order valence-electron chi connectivity index (χ1n) is 11.5. The highest BCUT2D eigenvalue weighted by atomic mass is 16.7. The van der Waals surface area contributed by atoms with Gasteiger partial charge in [-0.15, -0.1) is 0 Å². The van der Waals surface area contributed by atoms with Crippen LogP contribution in [0.3, 0.4) is 0 Å². The van der Waals surface area contributed by atoms with Crippen molar-refractivity contribution in [1.82, 2.24) is 4.90 Å². The van der Waals surface area contributed by atoms with Crippen LogP contribution >= 0.6 is 0 Å². The number of hydrogen-bond acceptors (Lipinski definition) is 9. The van der Waals surface area contributed by atoms with Gasteiger partial charge >= 0.3 is 0 Å². The molecule has 0 radical (unpaired) electrons. The van der Waals surface area contributed by atoms with E-state index in [0.29, 0.717) is 17.9 Å². The molecule has 1 amide bonds. The van der Waals surface area contributed by atoms with Crippen molar-refractivity contribution in [1.29, 1.82) is 0 Å². The smallest absolute Gasteiger partial charge is 0.293 e. The molecule has 1 N–H and O–H groups in total. The minimum Gasteiger partial charge on any atom is -0.497 e. The number of methoxy groups -OCH3 is 1. The first-order chi connectivity index (χ1) is 16.9. The fourth-order valence-corrected chi connectivity index (χ4v) is 4.76. The second-order valence-electron chi connectivity index (χ2n) is 9.03. The zero-order chi connectivity index (χ0) is 24.6. The number of aliphatic hydroxyl groups is 1. The second-order valence-corrected chi connectivity index (χ2v) is 9.03. The average molecular weight is 485 g/mol. The summed E-state index contributed by atoms with van der Waals surface area (Å²) in [5.41, 5.74) is 0.518. The van der Waals surface area contributed by atoms with Crippen molar-refractivity contribution in [2.24, 2.45) is 0 Å². The number of anilines is 2. The molecule has 2 aromatic carbocycles. The van der Waals surface area contributed by atoms with Crippen LogP contribution in [-0.2, 0) is 20.1 Å². The summed E-state index contributed by atoms with van der Waals surface area (Å²) in [5.74, 6) is -1.34. The lowest BCUT2D eigenvalue weighted by atomic mass is 10.00. The number of piperazine rings is 1. The van der Waals surface area contributed by atoms with E-state index in [4.69, 9.17) is 14.2 Å². The number of nitro groups is 1. The Morgan fingerprint density at radius 2 is 1.71 bits per heavy atom. The van der Waals surface area contributed by atoms with E-state index in [1.54, 1.807) is 24.1 Å². The number of rotatable bonds is 6. The molecule has 0 unspecified atom stereocenters. The van der Waals surface area contributed by atoms with Gasteiger partial charge in [0.1, 0.15) is 25.6 Å². The van der Waals surface area contributed by atoms with Crippen LogP contribution in [0.5, 0.6) is 5.75 Å². The molecule has 1 spiro atoms. The van der Waals surface area contributed by atoms with Gasteiger partial charge in [-0.25, -0.2) is 0 Å². The summed E-state index contributed by atoms with van der Waals surface area (Å²) in [6.45, 7) is 1.86. The van der Waals surface area contributed by atoms with Crippen LogP contribution < -0.4 is 14.5 Å². The van der Waals surface area contributed by atoms with Gasteiger partial charge in [-0.1, -0.05) is 18.2 Å². The molecule has 3 aliphatic rings. The maximum atomic E-state index is 13.6. The number of carbonyl (C=O) groups excluding carboxylic acids is 1. The van der Waals surface area contributed by atoms with E-state index in [2.05, 4.69) is 9.80 Å². The molecule has 3 heterocycles. The predicted molar refractivity (Wildman–Crippen MR) is 126 cm³/mol. The van der Waals surface area contributed by atoms with Crippen molar-refractivity contribution in [3.63, 3.8) is 0 Å². The van der Waals surface area contributed by atoms with E-state index < -0.39 is 42.0 Å². The quantitative estimate of drug-likeness (QED) is 0.474. The minimum absolute atomic E-state index is 0.348. The van der Waals surface area contributed by atoms with E-state index >= 15 is 0 Å². The number of hydrogen-bond donors (Lipinski definition) is 1. The molecule has 0 aliphatic carbocycles. The highest BCUT2D eigenvalue weighted by molar-refractivity contribution is 6.06. The number of benzene rings is 2. The van der Waals surface area contributed by atoms with Gasteiger partial charge in [-0.05, 0) is 30.3 Å². The molecule has 3 aliphatic heterocycles. The Hall–Kier alpha value is -3.25. The Labute approximate surface area is 202 Å². The van der Waals surface area contributed by atoms with Crippen LogP contribution in [0, 0.1) is 10.1 Å². The molecule has 0 aromatic heterocycles. The van der Waals surface area contributed by atoms with Gasteiger partial charge < -0.3 is 24.2 Å². The topological polar surface area (TPSA) is 118 Å². The highest BCUT2D eigenvalue weighted by Crippen LogP contribution is 2.46. The molecule has 11 nitrogen and oxygen atoms in total. The van der Waals surface area contributed by atoms with Gasteiger partial charge in [-0.3, -0.25) is 24.7 Å². The Bertz CT molecular complexity index is 1090. The molecule has 2 saturated heterocycles. The van der Waals surface area contributed by atoms with E-state index in [9.17, 15) is 20.0 Å². The largest absolute Gasteiger partial charge is 0.497 e. The first-order valence-corrected chi connectivity index (χ1v) is 11.5. The van der Waals surface area contributed by atoms with Crippen LogP contribution in [0.4, 0.5) is 11.4 Å². The van der Waals surface area contributed by atoms with Crippen molar-refractivity contribution >= 4 is 17.3 Å². The van der Waals surface area contributed by atoms with Crippen LogP contribution in [0.15, 0.2) is 48.5 Å². The summed E-state index contributed by atoms with van der Waals surface area (Å²) < 4.78 is 16.8. The lowest BCUT2D eigenvalue weighted by molar-refractivity contribution is -0.598. The van der Waals surface area contributed by atoms with E-state index in [0.717, 1.165) is 37.6 Å². The Balaban J connectivity index is 1.29. The molecule has 2 fully saturated rings. The molecule has 0 atom stereocenters. The van der Waals surface area contributed by atoms with Gasteiger partial charge in [0, 0.05) is 42.4 Å². The molecule has 0 saturated carbocycles. The number of nitrogens with zero attached hydrogens (tertiary/aromatic N) is 4. The van der Waals surface area contributed by atoms with E-state index in [1.807, 2.05) is 36.4 Å². The summed E-state index contributed by atoms with van der Waals surface area (Å²) in [6.07, 6.45) is 0. The van der Waals surface area contributed by atoms with Crippen LogP contribution in [0.2, 0.25) is 0 Å². The number of fused-ring (bicyclic) bond motifs is 2. The highest BCUT2D eigenvalue weighted by Gasteiger charge is 2.61. The van der Waals surface area contributed by atoms with Crippen molar-refractivity contribution in [3.05, 3.63) is 64.2 Å². The van der Waals surface area contributed by atoms with Gasteiger partial charge in [0.2, 0.25) is 0 Å². The van der Waals surface area contributed by atoms with Gasteiger partial charge in [0.15, 0.2) is 0 Å². The molecule has 35 heavy (non-hydrogen) atoms. The van der Waals surface area contributed by atoms with Gasteiger partial charge in [0.05, 0.1) is 19.5 Å². The lowest BCUT2D eigenvalue weighted by Crippen LogP contribution is -2.61. The monoisotopic (exact) mass is 484 g/mol. The normalized spacial score (nSPS) is 26.7. The average Bonchev–Trinajstić information content (AvgIpc) is 3.12. The van der Waals surface area contributed by atoms with Crippen molar-refractivity contribution in [2.45, 2.75) is 11.3 Å². The molecule has 11 heteroatoms. The Kier molecular flexibility index (Phi) is 6.09. The number of aliphatic hydroxyl groups excluding tert-OH is 1. The van der Waals surface area contributed by atoms with E-state index in [1.165, 1.54) is 0 Å². The van der Waals surface area contributed by atoms with E-state index in [-0.39, 0.29) is 0 Å². The summed E-state index contributed by atoms with van der Waals surface area (Å²) in [5, 5.41) is 21.1. The molecular formula is C24H28N4O7. The predicted octanol–water partition coefficient (Wildman–Crippen LogP) is 1.03. The Morgan fingerprint density at radius 1 is 1.06 bits per heavy atom. The summed E-state index contributed by atoms with van der Waals surface area (Å²) >= 11 is 0. The second kappa shape index (κ2) is 9.08. The summed E-state index contributed by atoms with van der Waals surface area (Å²) in [7, 11) is 1.64. The third kappa shape index (κ3) is 3.90. The standard InChI is InChI=1S/C24H28N4O7/c1-33-19-8-6-18(7-9-19)26-12-10-25(11-13-26)17-27-21-5-3-2-4-20(21)24(22(27)30)34-15-23(14-29,16-35-24)28(31)32/h2-9,29H,10-17H2,1H3. The third-order valence-electron chi connectivity index (χ3n) is 7.00. The maximum absolute atomic E-state index is 13.6. The van der Waals surface area contributed by atoms with Crippen LogP contribution in [0.25, 0.3) is 0 Å². The fourth-order valence-electron chi connectivity index (χ4n) is 4.76. The molecule has 5 rings (SSSR count). The lowest BCUT2D eigenvalue weighted by Gasteiger charge is -2.39. The van der Waals surface area contributed by atoms with Crippen molar-refractivity contribution in [2.75, 3.05) is 69.6 Å². The van der Waals surface area contributed by atoms with Gasteiger partial charge in [0.25, 0.3) is 17.2 Å². The summed E-state index contributed by atoms with van der Waals surface area (Å²) in [4.78, 5) is 30.6. The van der Waals surface area contributed by atoms with Crippen molar-refractivity contribution < 1.29 is 29.0 Å². The van der Waals surface area contributed by atoms with Gasteiger partial charge in [-0.2, -0.15) is 0 Å².